The Morgan fingerprint density at radius 3 is 2.48 bits per heavy atom. The molecule has 3 rings (SSSR count). The van der Waals surface area contributed by atoms with Crippen LogP contribution in [-0.2, 0) is 0 Å². The molecule has 0 bridgehead atoms. The first-order valence-electron chi connectivity index (χ1n) is 7.95. The van der Waals surface area contributed by atoms with Crippen molar-refractivity contribution in [3.8, 4) is 11.3 Å². The zero-order chi connectivity index (χ0) is 18.0. The summed E-state index contributed by atoms with van der Waals surface area (Å²) in [5.41, 5.74) is 10.1. The van der Waals surface area contributed by atoms with Crippen molar-refractivity contribution >= 4 is 28.5 Å². The number of nitrogens with two attached hydrogens (primary N) is 1. The van der Waals surface area contributed by atoms with E-state index in [1.807, 2.05) is 38.1 Å². The molecule has 0 spiro atoms. The molecular weight excluding hydrogens is 317 g/mol. The Morgan fingerprint density at radius 2 is 1.88 bits per heavy atom. The van der Waals surface area contributed by atoms with E-state index in [9.17, 15) is 9.18 Å². The number of fused-ring (bicyclic) bond motifs is 1. The lowest BCUT2D eigenvalue weighted by Crippen LogP contribution is -1.93. The van der Waals surface area contributed by atoms with Gasteiger partial charge in [-0.3, -0.25) is 4.79 Å². The van der Waals surface area contributed by atoms with Crippen LogP contribution in [0.5, 0.6) is 0 Å². The number of halogens is 1. The maximum atomic E-state index is 13.2. The quantitative estimate of drug-likeness (QED) is 0.383. The van der Waals surface area contributed by atoms with Crippen LogP contribution in [0.4, 0.5) is 10.1 Å². The maximum absolute atomic E-state index is 13.2. The highest BCUT2D eigenvalue weighted by Crippen LogP contribution is 2.36. The van der Waals surface area contributed by atoms with Crippen LogP contribution in [0.15, 0.2) is 59.0 Å². The number of hydrogen-bond donors (Lipinski definition) is 1. The van der Waals surface area contributed by atoms with Gasteiger partial charge in [-0.1, -0.05) is 18.2 Å². The van der Waals surface area contributed by atoms with Gasteiger partial charge in [-0.2, -0.15) is 0 Å². The molecule has 2 aromatic carbocycles. The molecule has 3 aromatic rings. The van der Waals surface area contributed by atoms with E-state index >= 15 is 0 Å². The van der Waals surface area contributed by atoms with Crippen LogP contribution in [0, 0.1) is 5.82 Å². The van der Waals surface area contributed by atoms with E-state index in [1.165, 1.54) is 12.1 Å². The maximum Gasteiger partial charge on any atom is 0.154 e. The van der Waals surface area contributed by atoms with Crippen molar-refractivity contribution in [3.05, 3.63) is 71.6 Å². The van der Waals surface area contributed by atoms with Crippen LogP contribution < -0.4 is 5.73 Å². The second-order valence-electron chi connectivity index (χ2n) is 5.65. The van der Waals surface area contributed by atoms with Crippen LogP contribution in [0.1, 0.15) is 29.8 Å². The van der Waals surface area contributed by atoms with E-state index in [1.54, 1.807) is 18.2 Å². The van der Waals surface area contributed by atoms with Gasteiger partial charge in [-0.05, 0) is 49.8 Å². The number of rotatable bonds is 4. The minimum atomic E-state index is -0.344. The van der Waals surface area contributed by atoms with Crippen molar-refractivity contribution < 1.29 is 13.6 Å². The summed E-state index contributed by atoms with van der Waals surface area (Å²) in [6.07, 6.45) is 6.60. The lowest BCUT2D eigenvalue weighted by molar-refractivity contribution is 0.112. The SMILES string of the molecule is C/C=C\C(=C/C)c1cc2c(C=O)c(-c3ccc(F)cc3)oc2cc1N. The molecule has 4 heteroatoms. The number of furan rings is 1. The highest BCUT2D eigenvalue weighted by Gasteiger charge is 2.18. The molecule has 0 fully saturated rings. The number of aldehydes is 1. The predicted octanol–water partition coefficient (Wildman–Crippen LogP) is 5.61. The molecule has 0 aliphatic carbocycles. The van der Waals surface area contributed by atoms with Gasteiger partial charge in [0.2, 0.25) is 0 Å². The van der Waals surface area contributed by atoms with Gasteiger partial charge in [-0.15, -0.1) is 0 Å². The Kier molecular flexibility index (Phi) is 4.52. The molecule has 0 amide bonds. The first-order valence-corrected chi connectivity index (χ1v) is 7.95. The van der Waals surface area contributed by atoms with Crippen LogP contribution in [0.25, 0.3) is 27.9 Å². The minimum absolute atomic E-state index is 0.344. The Bertz CT molecular complexity index is 995. The second kappa shape index (κ2) is 6.77. The van der Waals surface area contributed by atoms with Gasteiger partial charge in [0.1, 0.15) is 17.2 Å². The molecule has 126 valence electrons. The summed E-state index contributed by atoms with van der Waals surface area (Å²) < 4.78 is 19.0. The van der Waals surface area contributed by atoms with Gasteiger partial charge in [0.25, 0.3) is 0 Å². The molecule has 1 aromatic heterocycles. The average molecular weight is 335 g/mol. The lowest BCUT2D eigenvalue weighted by Gasteiger charge is -2.06. The Hall–Kier alpha value is -3.14. The Morgan fingerprint density at radius 1 is 1.16 bits per heavy atom. The number of hydrogen-bond acceptors (Lipinski definition) is 3. The summed E-state index contributed by atoms with van der Waals surface area (Å²) in [7, 11) is 0. The fraction of sp³-hybridized carbons (Fsp3) is 0.0952. The zero-order valence-corrected chi connectivity index (χ0v) is 14.0. The molecule has 1 heterocycles. The van der Waals surface area contributed by atoms with Gasteiger partial charge in [0.05, 0.1) is 5.56 Å². The summed E-state index contributed by atoms with van der Waals surface area (Å²) in [6, 6.07) is 9.42. The van der Waals surface area contributed by atoms with Gasteiger partial charge >= 0.3 is 0 Å². The van der Waals surface area contributed by atoms with Gasteiger partial charge in [-0.25, -0.2) is 4.39 Å². The van der Waals surface area contributed by atoms with Crippen LogP contribution in [0.3, 0.4) is 0 Å². The summed E-state index contributed by atoms with van der Waals surface area (Å²) in [4.78, 5) is 11.7. The van der Waals surface area contributed by atoms with E-state index < -0.39 is 0 Å². The van der Waals surface area contributed by atoms with Crippen LogP contribution >= 0.6 is 0 Å². The van der Waals surface area contributed by atoms with E-state index in [-0.39, 0.29) is 5.82 Å². The molecule has 2 N–H and O–H groups in total. The third-order valence-electron chi connectivity index (χ3n) is 4.09. The van der Waals surface area contributed by atoms with Crippen molar-refractivity contribution in [2.24, 2.45) is 0 Å². The Labute approximate surface area is 145 Å². The van der Waals surface area contributed by atoms with E-state index in [0.717, 1.165) is 17.4 Å². The molecule has 0 aliphatic heterocycles. The Balaban J connectivity index is 2.26. The lowest BCUT2D eigenvalue weighted by atomic mass is 9.99. The standard InChI is InChI=1S/C21H18FNO2/c1-3-5-13(4-2)16-10-17-18(12-24)21(25-20(17)11-19(16)23)14-6-8-15(22)9-7-14/h3-12H,23H2,1-2H3/b5-3-,13-4+. The van der Waals surface area contributed by atoms with Gasteiger partial charge in [0.15, 0.2) is 6.29 Å². The minimum Gasteiger partial charge on any atom is -0.455 e. The number of benzene rings is 2. The molecule has 0 radical (unpaired) electrons. The predicted molar refractivity (Wildman–Crippen MR) is 99.9 cm³/mol. The van der Waals surface area contributed by atoms with Crippen molar-refractivity contribution in [1.82, 2.24) is 0 Å². The zero-order valence-electron chi connectivity index (χ0n) is 14.0. The molecule has 0 unspecified atom stereocenters. The summed E-state index contributed by atoms with van der Waals surface area (Å²) >= 11 is 0. The number of allylic oxidation sites excluding steroid dienone is 4. The van der Waals surface area contributed by atoms with Crippen molar-refractivity contribution in [1.29, 1.82) is 0 Å². The smallest absolute Gasteiger partial charge is 0.154 e. The number of carbonyl (C=O) groups is 1. The first-order chi connectivity index (χ1) is 12.1. The molecular formula is C21H18FNO2. The molecule has 25 heavy (non-hydrogen) atoms. The summed E-state index contributed by atoms with van der Waals surface area (Å²) in [6.45, 7) is 3.86. The van der Waals surface area contributed by atoms with Crippen molar-refractivity contribution in [3.63, 3.8) is 0 Å². The normalized spacial score (nSPS) is 12.2. The van der Waals surface area contributed by atoms with Gasteiger partial charge in [0, 0.05) is 28.3 Å². The highest BCUT2D eigenvalue weighted by atomic mass is 19.1. The number of carbonyl (C=O) groups excluding carboxylic acids is 1. The summed E-state index contributed by atoms with van der Waals surface area (Å²) in [5, 5.41) is 0.683. The fourth-order valence-electron chi connectivity index (χ4n) is 2.88. The number of anilines is 1. The molecule has 0 saturated heterocycles. The van der Waals surface area contributed by atoms with Crippen LogP contribution in [-0.4, -0.2) is 6.29 Å². The first kappa shape index (κ1) is 16.7. The fourth-order valence-corrected chi connectivity index (χ4v) is 2.88. The van der Waals surface area contributed by atoms with Gasteiger partial charge < -0.3 is 10.2 Å². The number of nitrogen functional groups attached to an aromatic ring is 1. The largest absolute Gasteiger partial charge is 0.455 e. The highest BCUT2D eigenvalue weighted by molar-refractivity contribution is 6.05. The second-order valence-corrected chi connectivity index (χ2v) is 5.65. The average Bonchev–Trinajstić information content (AvgIpc) is 2.97. The monoisotopic (exact) mass is 335 g/mol. The molecule has 0 saturated carbocycles. The van der Waals surface area contributed by atoms with E-state index in [2.05, 4.69) is 0 Å². The third kappa shape index (κ3) is 2.98. The topological polar surface area (TPSA) is 56.2 Å². The molecule has 0 atom stereocenters. The third-order valence-corrected chi connectivity index (χ3v) is 4.09. The van der Waals surface area contributed by atoms with Crippen molar-refractivity contribution in [2.75, 3.05) is 5.73 Å². The van der Waals surface area contributed by atoms with Crippen LogP contribution in [0.2, 0.25) is 0 Å². The van der Waals surface area contributed by atoms with Crippen molar-refractivity contribution in [2.45, 2.75) is 13.8 Å². The van der Waals surface area contributed by atoms with E-state index in [0.29, 0.717) is 33.5 Å². The van der Waals surface area contributed by atoms with E-state index in [4.69, 9.17) is 10.2 Å². The molecule has 3 nitrogen and oxygen atoms in total. The molecule has 0 aliphatic rings. The summed E-state index contributed by atoms with van der Waals surface area (Å²) in [5.74, 6) is 0.0673.